The number of ether oxygens (including phenoxy) is 2. The van der Waals surface area contributed by atoms with Gasteiger partial charge in [0.15, 0.2) is 11.4 Å². The minimum Gasteiger partial charge on any atom is -0.432 e. The molecule has 0 bridgehead atoms. The Labute approximate surface area is 158 Å². The molecule has 7 heteroatoms. The first kappa shape index (κ1) is 18.1. The lowest BCUT2D eigenvalue weighted by molar-refractivity contribution is -0.0401. The monoisotopic (exact) mass is 370 g/mol. The molecule has 0 saturated heterocycles. The number of aromatic nitrogens is 3. The summed E-state index contributed by atoms with van der Waals surface area (Å²) in [5.74, 6) is 0.673. The SMILES string of the molecule is CCCc1nc2oc3c(NCCOC)ncnc3c2c2c1COC(C)(C)C2. The third-order valence-electron chi connectivity index (χ3n) is 5.00. The zero-order valence-corrected chi connectivity index (χ0v) is 16.4. The van der Waals surface area contributed by atoms with Crippen molar-refractivity contribution in [3.05, 3.63) is 23.1 Å². The predicted molar refractivity (Wildman–Crippen MR) is 104 cm³/mol. The van der Waals surface area contributed by atoms with E-state index in [1.54, 1.807) is 13.4 Å². The van der Waals surface area contributed by atoms with Crippen LogP contribution in [0.25, 0.3) is 22.2 Å². The van der Waals surface area contributed by atoms with Gasteiger partial charge in [0.25, 0.3) is 0 Å². The van der Waals surface area contributed by atoms with E-state index in [1.165, 1.54) is 11.1 Å². The number of nitrogens with one attached hydrogen (secondary N) is 1. The molecular weight excluding hydrogens is 344 g/mol. The molecule has 1 N–H and O–H groups in total. The van der Waals surface area contributed by atoms with Crippen LogP contribution in [0.15, 0.2) is 10.7 Å². The molecule has 27 heavy (non-hydrogen) atoms. The minimum atomic E-state index is -0.221. The van der Waals surface area contributed by atoms with E-state index in [1.807, 2.05) is 0 Å². The van der Waals surface area contributed by atoms with E-state index in [2.05, 4.69) is 36.1 Å². The first-order chi connectivity index (χ1) is 13.0. The summed E-state index contributed by atoms with van der Waals surface area (Å²) in [6.07, 6.45) is 4.31. The molecule has 7 nitrogen and oxygen atoms in total. The van der Waals surface area contributed by atoms with Crippen molar-refractivity contribution in [1.29, 1.82) is 0 Å². The number of aryl methyl sites for hydroxylation is 1. The van der Waals surface area contributed by atoms with Crippen LogP contribution in [0, 0.1) is 0 Å². The summed E-state index contributed by atoms with van der Waals surface area (Å²) in [6.45, 7) is 8.22. The molecule has 0 saturated carbocycles. The number of hydrogen-bond acceptors (Lipinski definition) is 7. The summed E-state index contributed by atoms with van der Waals surface area (Å²) in [6, 6.07) is 0. The third kappa shape index (κ3) is 3.26. The van der Waals surface area contributed by atoms with Crippen LogP contribution in [0.2, 0.25) is 0 Å². The number of methoxy groups -OCH3 is 1. The number of fused-ring (bicyclic) bond motifs is 5. The highest BCUT2D eigenvalue weighted by Crippen LogP contribution is 2.39. The largest absolute Gasteiger partial charge is 0.432 e. The van der Waals surface area contributed by atoms with Gasteiger partial charge in [0, 0.05) is 25.6 Å². The lowest BCUT2D eigenvalue weighted by Gasteiger charge is -2.33. The molecule has 1 aliphatic heterocycles. The smallest absolute Gasteiger partial charge is 0.229 e. The fraction of sp³-hybridized carbons (Fsp3) is 0.550. The molecule has 0 fully saturated rings. The Morgan fingerprint density at radius 2 is 2.11 bits per heavy atom. The van der Waals surface area contributed by atoms with Crippen molar-refractivity contribution in [2.75, 3.05) is 25.6 Å². The lowest BCUT2D eigenvalue weighted by atomic mass is 9.88. The van der Waals surface area contributed by atoms with E-state index in [0.29, 0.717) is 36.9 Å². The standard InChI is InChI=1S/C20H26N4O3/c1-5-6-14-13-10-26-20(2,3)9-12(13)15-16-17(27-19(15)24-14)18(23-11-22-16)21-7-8-25-4/h11H,5-10H2,1-4H3,(H,21,22,23). The van der Waals surface area contributed by atoms with Gasteiger partial charge < -0.3 is 19.2 Å². The van der Waals surface area contributed by atoms with E-state index in [0.717, 1.165) is 35.9 Å². The number of hydrogen-bond donors (Lipinski definition) is 1. The number of furan rings is 1. The maximum absolute atomic E-state index is 6.16. The number of anilines is 1. The van der Waals surface area contributed by atoms with E-state index < -0.39 is 0 Å². The molecule has 0 amide bonds. The normalized spacial score (nSPS) is 16.0. The van der Waals surface area contributed by atoms with Crippen molar-refractivity contribution in [2.45, 2.75) is 52.2 Å². The van der Waals surface area contributed by atoms with Crippen LogP contribution < -0.4 is 5.32 Å². The molecule has 0 aromatic carbocycles. The summed E-state index contributed by atoms with van der Waals surface area (Å²) in [5.41, 5.74) is 5.39. The van der Waals surface area contributed by atoms with E-state index >= 15 is 0 Å². The highest BCUT2D eigenvalue weighted by molar-refractivity contribution is 6.06. The van der Waals surface area contributed by atoms with Gasteiger partial charge in [0.1, 0.15) is 11.8 Å². The Kier molecular flexibility index (Phi) is 4.74. The van der Waals surface area contributed by atoms with Gasteiger partial charge >= 0.3 is 0 Å². The van der Waals surface area contributed by atoms with Gasteiger partial charge in [-0.15, -0.1) is 0 Å². The average molecular weight is 370 g/mol. The number of rotatable bonds is 6. The molecule has 1 aliphatic rings. The van der Waals surface area contributed by atoms with Crippen molar-refractivity contribution in [1.82, 2.24) is 15.0 Å². The first-order valence-electron chi connectivity index (χ1n) is 9.48. The summed E-state index contributed by atoms with van der Waals surface area (Å²) in [5, 5.41) is 4.26. The van der Waals surface area contributed by atoms with Crippen LogP contribution in [0.3, 0.4) is 0 Å². The van der Waals surface area contributed by atoms with Gasteiger partial charge in [-0.25, -0.2) is 15.0 Å². The Bertz CT molecular complexity index is 980. The van der Waals surface area contributed by atoms with Crippen LogP contribution in [-0.4, -0.2) is 40.8 Å². The van der Waals surface area contributed by atoms with E-state index in [9.17, 15) is 0 Å². The molecule has 0 aliphatic carbocycles. The Hall–Kier alpha value is -2.25. The lowest BCUT2D eigenvalue weighted by Crippen LogP contribution is -2.32. The van der Waals surface area contributed by atoms with Crippen LogP contribution >= 0.6 is 0 Å². The van der Waals surface area contributed by atoms with Crippen molar-refractivity contribution >= 4 is 28.0 Å². The number of nitrogens with zero attached hydrogens (tertiary/aromatic N) is 3. The molecule has 3 aromatic rings. The van der Waals surface area contributed by atoms with Gasteiger partial charge in [-0.3, -0.25) is 0 Å². The Morgan fingerprint density at radius 1 is 1.26 bits per heavy atom. The summed E-state index contributed by atoms with van der Waals surface area (Å²) >= 11 is 0. The molecule has 0 radical (unpaired) electrons. The molecule has 3 aromatic heterocycles. The van der Waals surface area contributed by atoms with Gasteiger partial charge in [0.2, 0.25) is 5.71 Å². The fourth-order valence-corrected chi connectivity index (χ4v) is 3.71. The molecular formula is C20H26N4O3. The average Bonchev–Trinajstić information content (AvgIpc) is 3.01. The van der Waals surface area contributed by atoms with Crippen molar-refractivity contribution in [3.8, 4) is 0 Å². The summed E-state index contributed by atoms with van der Waals surface area (Å²) in [4.78, 5) is 13.7. The molecule has 4 heterocycles. The second kappa shape index (κ2) is 7.05. The molecule has 4 rings (SSSR count). The van der Waals surface area contributed by atoms with Crippen LogP contribution in [0.5, 0.6) is 0 Å². The second-order valence-electron chi connectivity index (χ2n) is 7.59. The van der Waals surface area contributed by atoms with Gasteiger partial charge in [-0.1, -0.05) is 13.3 Å². The van der Waals surface area contributed by atoms with Crippen molar-refractivity contribution in [2.24, 2.45) is 0 Å². The Morgan fingerprint density at radius 3 is 2.89 bits per heavy atom. The highest BCUT2D eigenvalue weighted by atomic mass is 16.5. The minimum absolute atomic E-state index is 0.221. The quantitative estimate of drug-likeness (QED) is 0.663. The Balaban J connectivity index is 1.93. The fourth-order valence-electron chi connectivity index (χ4n) is 3.71. The second-order valence-corrected chi connectivity index (χ2v) is 7.59. The van der Waals surface area contributed by atoms with Gasteiger partial charge in [-0.2, -0.15) is 0 Å². The third-order valence-corrected chi connectivity index (χ3v) is 5.00. The zero-order valence-electron chi connectivity index (χ0n) is 16.4. The zero-order chi connectivity index (χ0) is 19.0. The van der Waals surface area contributed by atoms with Crippen LogP contribution in [-0.2, 0) is 28.9 Å². The molecule has 144 valence electrons. The van der Waals surface area contributed by atoms with Crippen molar-refractivity contribution in [3.63, 3.8) is 0 Å². The molecule has 0 atom stereocenters. The number of pyridine rings is 1. The summed E-state index contributed by atoms with van der Waals surface area (Å²) in [7, 11) is 1.67. The highest BCUT2D eigenvalue weighted by Gasteiger charge is 2.32. The van der Waals surface area contributed by atoms with Crippen LogP contribution in [0.4, 0.5) is 5.82 Å². The molecule has 0 spiro atoms. The summed E-state index contributed by atoms with van der Waals surface area (Å²) < 4.78 is 17.3. The maximum Gasteiger partial charge on any atom is 0.229 e. The van der Waals surface area contributed by atoms with Crippen LogP contribution in [0.1, 0.15) is 44.0 Å². The van der Waals surface area contributed by atoms with E-state index in [-0.39, 0.29) is 5.60 Å². The first-order valence-corrected chi connectivity index (χ1v) is 9.48. The predicted octanol–water partition coefficient (Wildman–Crippen LogP) is 3.63. The maximum atomic E-state index is 6.16. The van der Waals surface area contributed by atoms with Gasteiger partial charge in [0.05, 0.1) is 29.9 Å². The van der Waals surface area contributed by atoms with Crippen molar-refractivity contribution < 1.29 is 13.9 Å². The topological polar surface area (TPSA) is 82.3 Å². The van der Waals surface area contributed by atoms with Gasteiger partial charge in [-0.05, 0) is 25.8 Å². The molecule has 0 unspecified atom stereocenters. The van der Waals surface area contributed by atoms with E-state index in [4.69, 9.17) is 18.9 Å².